The highest BCUT2D eigenvalue weighted by Crippen LogP contribution is 2.43. The molecule has 0 aliphatic heterocycles. The molecule has 2 aromatic heterocycles. The predicted molar refractivity (Wildman–Crippen MR) is 69.5 cm³/mol. The van der Waals surface area contributed by atoms with Gasteiger partial charge in [0, 0.05) is 22.4 Å². The van der Waals surface area contributed by atoms with Crippen molar-refractivity contribution in [3.05, 3.63) is 28.8 Å². The van der Waals surface area contributed by atoms with Crippen molar-refractivity contribution in [2.24, 2.45) is 11.7 Å². The Labute approximate surface area is 113 Å². The first-order valence-electron chi connectivity index (χ1n) is 5.81. The van der Waals surface area contributed by atoms with Crippen LogP contribution in [-0.4, -0.2) is 15.1 Å². The van der Waals surface area contributed by atoms with Crippen LogP contribution in [0.5, 0.6) is 0 Å². The molecule has 1 saturated carbocycles. The van der Waals surface area contributed by atoms with Crippen LogP contribution in [0.2, 0.25) is 0 Å². The summed E-state index contributed by atoms with van der Waals surface area (Å²) in [5, 5.41) is 3.98. The highest BCUT2D eigenvalue weighted by Gasteiger charge is 2.43. The van der Waals surface area contributed by atoms with Gasteiger partial charge in [-0.1, -0.05) is 5.16 Å². The van der Waals surface area contributed by atoms with E-state index < -0.39 is 5.54 Å². The van der Waals surface area contributed by atoms with Crippen LogP contribution in [0.3, 0.4) is 0 Å². The van der Waals surface area contributed by atoms with E-state index in [-0.39, 0.29) is 0 Å². The standard InChI is InChI=1S/C12H13BrN4O/c1-12(14,8-2-3-8)11-16-10(17-18-11)7-4-9(13)6-15-5-7/h4-6,8H,2-3,14H2,1H3. The number of rotatable bonds is 3. The highest BCUT2D eigenvalue weighted by atomic mass is 79.9. The molecule has 0 bridgehead atoms. The van der Waals surface area contributed by atoms with Gasteiger partial charge in [-0.05, 0) is 47.7 Å². The molecule has 0 aromatic carbocycles. The molecule has 0 radical (unpaired) electrons. The molecule has 0 saturated heterocycles. The van der Waals surface area contributed by atoms with Crippen molar-refractivity contribution in [1.29, 1.82) is 0 Å². The topological polar surface area (TPSA) is 77.8 Å². The molecule has 0 spiro atoms. The van der Waals surface area contributed by atoms with Crippen molar-refractivity contribution in [2.75, 3.05) is 0 Å². The minimum atomic E-state index is -0.523. The summed E-state index contributed by atoms with van der Waals surface area (Å²) in [6, 6.07) is 1.90. The minimum Gasteiger partial charge on any atom is -0.337 e. The third-order valence-corrected chi connectivity index (χ3v) is 3.71. The number of pyridine rings is 1. The van der Waals surface area contributed by atoms with Gasteiger partial charge in [0.1, 0.15) is 0 Å². The van der Waals surface area contributed by atoms with Gasteiger partial charge in [0.05, 0.1) is 5.54 Å². The average molecular weight is 309 g/mol. The normalized spacial score (nSPS) is 18.6. The smallest absolute Gasteiger partial charge is 0.247 e. The molecule has 1 fully saturated rings. The third kappa shape index (κ3) is 2.06. The van der Waals surface area contributed by atoms with Crippen LogP contribution in [0, 0.1) is 5.92 Å². The summed E-state index contributed by atoms with van der Waals surface area (Å²) in [5.41, 5.74) is 6.53. The van der Waals surface area contributed by atoms with Crippen molar-refractivity contribution in [1.82, 2.24) is 15.1 Å². The Morgan fingerprint density at radius 2 is 2.22 bits per heavy atom. The fourth-order valence-electron chi connectivity index (χ4n) is 1.95. The lowest BCUT2D eigenvalue weighted by atomic mass is 9.97. The Morgan fingerprint density at radius 1 is 1.44 bits per heavy atom. The molecule has 1 atom stereocenters. The van der Waals surface area contributed by atoms with E-state index in [0.717, 1.165) is 22.9 Å². The molecule has 1 unspecified atom stereocenters. The Balaban J connectivity index is 1.94. The molecule has 2 N–H and O–H groups in total. The molecule has 0 amide bonds. The van der Waals surface area contributed by atoms with Crippen LogP contribution >= 0.6 is 15.9 Å². The van der Waals surface area contributed by atoms with E-state index in [1.807, 2.05) is 13.0 Å². The molecule has 5 nitrogen and oxygen atoms in total. The van der Waals surface area contributed by atoms with Gasteiger partial charge < -0.3 is 10.3 Å². The van der Waals surface area contributed by atoms with Gasteiger partial charge in [-0.3, -0.25) is 4.98 Å². The van der Waals surface area contributed by atoms with Crippen LogP contribution in [0.15, 0.2) is 27.5 Å². The molecule has 94 valence electrons. The van der Waals surface area contributed by atoms with Crippen molar-refractivity contribution in [3.8, 4) is 11.4 Å². The zero-order valence-electron chi connectivity index (χ0n) is 9.93. The number of nitrogens with two attached hydrogens (primary N) is 1. The fourth-order valence-corrected chi connectivity index (χ4v) is 2.32. The van der Waals surface area contributed by atoms with Crippen molar-refractivity contribution < 1.29 is 4.52 Å². The van der Waals surface area contributed by atoms with Crippen LogP contribution in [0.4, 0.5) is 0 Å². The van der Waals surface area contributed by atoms with E-state index in [9.17, 15) is 0 Å². The van der Waals surface area contributed by atoms with E-state index in [1.54, 1.807) is 12.4 Å². The van der Waals surface area contributed by atoms with E-state index in [0.29, 0.717) is 17.6 Å². The van der Waals surface area contributed by atoms with E-state index in [2.05, 4.69) is 31.1 Å². The summed E-state index contributed by atoms with van der Waals surface area (Å²) in [5.74, 6) is 1.47. The molecule has 2 heterocycles. The molecule has 1 aliphatic rings. The molecular formula is C12H13BrN4O. The Bertz CT molecular complexity index is 577. The number of nitrogens with zero attached hydrogens (tertiary/aromatic N) is 3. The van der Waals surface area contributed by atoms with Crippen molar-refractivity contribution in [3.63, 3.8) is 0 Å². The van der Waals surface area contributed by atoms with Gasteiger partial charge in [0.25, 0.3) is 0 Å². The molecule has 18 heavy (non-hydrogen) atoms. The maximum atomic E-state index is 6.24. The first-order valence-corrected chi connectivity index (χ1v) is 6.60. The second kappa shape index (κ2) is 4.13. The van der Waals surface area contributed by atoms with Gasteiger partial charge in [-0.15, -0.1) is 0 Å². The molecule has 1 aliphatic carbocycles. The number of aromatic nitrogens is 3. The summed E-state index contributed by atoms with van der Waals surface area (Å²) >= 11 is 3.37. The number of halogens is 1. The van der Waals surface area contributed by atoms with Crippen LogP contribution in [0.25, 0.3) is 11.4 Å². The van der Waals surface area contributed by atoms with Crippen LogP contribution in [0.1, 0.15) is 25.7 Å². The largest absolute Gasteiger partial charge is 0.337 e. The Kier molecular flexibility index (Phi) is 2.71. The zero-order valence-corrected chi connectivity index (χ0v) is 11.5. The lowest BCUT2D eigenvalue weighted by Crippen LogP contribution is -2.35. The number of hydrogen-bond acceptors (Lipinski definition) is 5. The van der Waals surface area contributed by atoms with Gasteiger partial charge in [-0.2, -0.15) is 4.98 Å². The molecule has 3 rings (SSSR count). The van der Waals surface area contributed by atoms with E-state index in [4.69, 9.17) is 10.3 Å². The van der Waals surface area contributed by atoms with E-state index >= 15 is 0 Å². The summed E-state index contributed by atoms with van der Waals surface area (Å²) in [4.78, 5) is 8.47. The fraction of sp³-hybridized carbons (Fsp3) is 0.417. The van der Waals surface area contributed by atoms with Gasteiger partial charge in [0.2, 0.25) is 11.7 Å². The van der Waals surface area contributed by atoms with Gasteiger partial charge in [0.15, 0.2) is 0 Å². The second-order valence-corrected chi connectivity index (χ2v) is 5.79. The number of hydrogen-bond donors (Lipinski definition) is 1. The zero-order chi connectivity index (χ0) is 12.8. The Hall–Kier alpha value is -1.27. The maximum Gasteiger partial charge on any atom is 0.247 e. The highest BCUT2D eigenvalue weighted by molar-refractivity contribution is 9.10. The van der Waals surface area contributed by atoms with Crippen LogP contribution < -0.4 is 5.73 Å². The van der Waals surface area contributed by atoms with Crippen molar-refractivity contribution in [2.45, 2.75) is 25.3 Å². The predicted octanol–water partition coefficient (Wildman–Crippen LogP) is 2.48. The summed E-state index contributed by atoms with van der Waals surface area (Å²) in [6.45, 7) is 1.95. The third-order valence-electron chi connectivity index (χ3n) is 3.28. The minimum absolute atomic E-state index is 0.450. The molecular weight excluding hydrogens is 296 g/mol. The SMILES string of the molecule is CC(N)(c1nc(-c2cncc(Br)c2)no1)C1CC1. The summed E-state index contributed by atoms with van der Waals surface area (Å²) in [7, 11) is 0. The maximum absolute atomic E-state index is 6.24. The van der Waals surface area contributed by atoms with E-state index in [1.165, 1.54) is 0 Å². The van der Waals surface area contributed by atoms with Crippen molar-refractivity contribution >= 4 is 15.9 Å². The lowest BCUT2D eigenvalue weighted by molar-refractivity contribution is 0.273. The van der Waals surface area contributed by atoms with Crippen LogP contribution in [-0.2, 0) is 5.54 Å². The molecule has 6 heteroatoms. The summed E-state index contributed by atoms with van der Waals surface area (Å²) in [6.07, 6.45) is 5.67. The monoisotopic (exact) mass is 308 g/mol. The lowest BCUT2D eigenvalue weighted by Gasteiger charge is -2.18. The van der Waals surface area contributed by atoms with Gasteiger partial charge in [-0.25, -0.2) is 0 Å². The Morgan fingerprint density at radius 3 is 2.89 bits per heavy atom. The average Bonchev–Trinajstić information content (AvgIpc) is 3.07. The first kappa shape index (κ1) is 11.8. The van der Waals surface area contributed by atoms with Gasteiger partial charge >= 0.3 is 0 Å². The molecule has 2 aromatic rings. The second-order valence-electron chi connectivity index (χ2n) is 4.87. The quantitative estimate of drug-likeness (QED) is 0.942. The first-order chi connectivity index (χ1) is 8.57. The summed E-state index contributed by atoms with van der Waals surface area (Å²) < 4.78 is 6.17.